The van der Waals surface area contributed by atoms with E-state index < -0.39 is 13.7 Å². The van der Waals surface area contributed by atoms with Crippen LogP contribution in [0.2, 0.25) is 19.6 Å². The van der Waals surface area contributed by atoms with Gasteiger partial charge in [-0.05, 0) is 36.6 Å². The molecular weight excluding hydrogens is 428 g/mol. The van der Waals surface area contributed by atoms with Crippen molar-refractivity contribution in [3.63, 3.8) is 0 Å². The van der Waals surface area contributed by atoms with Gasteiger partial charge in [0.15, 0.2) is 5.78 Å². The number of ketones is 1. The molecule has 0 aliphatic heterocycles. The van der Waals surface area contributed by atoms with Crippen LogP contribution in [0.4, 0.5) is 0 Å². The minimum atomic E-state index is -1.87. The van der Waals surface area contributed by atoms with E-state index in [1.807, 2.05) is 50.2 Å². The Bertz CT molecular complexity index is 806. The van der Waals surface area contributed by atoms with Gasteiger partial charge in [0.25, 0.3) is 0 Å². The molecule has 0 spiro atoms. The van der Waals surface area contributed by atoms with Gasteiger partial charge < -0.3 is 4.74 Å². The highest BCUT2D eigenvalue weighted by atomic mass is 79.9. The van der Waals surface area contributed by atoms with Gasteiger partial charge in [0.05, 0.1) is 20.3 Å². The lowest BCUT2D eigenvalue weighted by atomic mass is 10.0. The summed E-state index contributed by atoms with van der Waals surface area (Å²) in [5.41, 5.74) is 1.76. The van der Waals surface area contributed by atoms with Crippen LogP contribution in [-0.2, 0) is 22.6 Å². The van der Waals surface area contributed by atoms with Gasteiger partial charge in [0, 0.05) is 10.9 Å². The summed E-state index contributed by atoms with van der Waals surface area (Å²) < 4.78 is 7.13. The zero-order chi connectivity index (χ0) is 20.8. The van der Waals surface area contributed by atoms with Crippen LogP contribution < -0.4 is 0 Å². The number of benzene rings is 2. The van der Waals surface area contributed by atoms with Crippen molar-refractivity contribution in [3.8, 4) is 0 Å². The van der Waals surface area contributed by atoms with Crippen molar-refractivity contribution < 1.29 is 9.53 Å². The first-order valence-corrected chi connectivity index (χ1v) is 14.1. The second-order valence-electron chi connectivity index (χ2n) is 8.63. The van der Waals surface area contributed by atoms with Crippen LogP contribution in [0.3, 0.4) is 0 Å². The van der Waals surface area contributed by atoms with E-state index in [-0.39, 0.29) is 5.78 Å². The molecule has 0 heterocycles. The van der Waals surface area contributed by atoms with Crippen molar-refractivity contribution in [1.29, 1.82) is 0 Å². The van der Waals surface area contributed by atoms with E-state index in [1.54, 1.807) is 0 Å². The van der Waals surface area contributed by atoms with E-state index in [0.717, 1.165) is 21.7 Å². The molecule has 0 unspecified atom stereocenters. The molecule has 2 aromatic carbocycles. The number of rotatable bonds is 9. The average molecular weight is 460 g/mol. The summed E-state index contributed by atoms with van der Waals surface area (Å²) in [6.07, 6.45) is 1.28. The van der Waals surface area contributed by atoms with Crippen molar-refractivity contribution >= 4 is 29.8 Å². The third kappa shape index (κ3) is 6.54. The molecule has 2 rings (SSSR count). The van der Waals surface area contributed by atoms with Gasteiger partial charge in [-0.1, -0.05) is 96.2 Å². The molecule has 0 aliphatic carbocycles. The lowest BCUT2D eigenvalue weighted by Gasteiger charge is -2.31. The largest absolute Gasteiger partial charge is 0.366 e. The monoisotopic (exact) mass is 458 g/mol. The summed E-state index contributed by atoms with van der Waals surface area (Å²) in [6, 6.07) is 20.3. The Kier molecular flexibility index (Phi) is 7.99. The molecule has 150 valence electrons. The minimum absolute atomic E-state index is 0.228. The number of Topliss-reactive ketones (excluding diaryl/α,β-unsaturated/α-hetero) is 1. The highest BCUT2D eigenvalue weighted by Gasteiger charge is 2.34. The molecule has 0 saturated heterocycles. The fraction of sp³-hybridized carbons (Fsp3) is 0.375. The Morgan fingerprint density at radius 2 is 1.43 bits per heavy atom. The molecule has 2 aromatic rings. The molecule has 0 amide bonds. The first-order valence-electron chi connectivity index (χ1n) is 9.77. The summed E-state index contributed by atoms with van der Waals surface area (Å²) in [5, 5.41) is 0.946. The number of aryl methyl sites for hydroxylation is 1. The number of halogens is 1. The lowest BCUT2D eigenvalue weighted by Crippen LogP contribution is -2.36. The third-order valence-corrected chi connectivity index (χ3v) is 8.45. The number of allylic oxidation sites excluding steroid dienone is 1. The number of carbonyl (C=O) groups is 1. The van der Waals surface area contributed by atoms with Gasteiger partial charge in [-0.15, -0.1) is 0 Å². The Labute approximate surface area is 179 Å². The molecule has 0 aromatic heterocycles. The second-order valence-corrected chi connectivity index (χ2v) is 14.4. The van der Waals surface area contributed by atoms with Crippen LogP contribution in [0.1, 0.15) is 31.4 Å². The normalized spacial score (nSPS) is 13.2. The topological polar surface area (TPSA) is 26.3 Å². The first kappa shape index (κ1) is 22.8. The van der Waals surface area contributed by atoms with E-state index in [2.05, 4.69) is 59.8 Å². The maximum atomic E-state index is 13.2. The van der Waals surface area contributed by atoms with Gasteiger partial charge in [-0.2, -0.15) is 0 Å². The highest BCUT2D eigenvalue weighted by Crippen LogP contribution is 2.35. The third-order valence-electron chi connectivity index (χ3n) is 4.70. The smallest absolute Gasteiger partial charge is 0.156 e. The van der Waals surface area contributed by atoms with Crippen molar-refractivity contribution in [2.75, 3.05) is 0 Å². The molecule has 0 atom stereocenters. The number of hydrogen-bond donors (Lipinski definition) is 0. The zero-order valence-corrected chi connectivity index (χ0v) is 20.2. The van der Waals surface area contributed by atoms with Gasteiger partial charge in [0.2, 0.25) is 0 Å². The molecule has 4 heteroatoms. The summed E-state index contributed by atoms with van der Waals surface area (Å²) in [6.45, 7) is 11.2. The highest BCUT2D eigenvalue weighted by molar-refractivity contribution is 9.11. The molecule has 2 nitrogen and oxygen atoms in total. The average Bonchev–Trinajstić information content (AvgIpc) is 2.65. The molecule has 0 radical (unpaired) electrons. The molecule has 0 N–H and O–H groups in total. The van der Waals surface area contributed by atoms with Crippen LogP contribution in [0.5, 0.6) is 0 Å². The predicted molar refractivity (Wildman–Crippen MR) is 124 cm³/mol. The van der Waals surface area contributed by atoms with Crippen LogP contribution >= 0.6 is 15.9 Å². The summed E-state index contributed by atoms with van der Waals surface area (Å²) in [5.74, 6) is 0.228. The fourth-order valence-corrected chi connectivity index (χ4v) is 7.14. The van der Waals surface area contributed by atoms with E-state index in [9.17, 15) is 4.79 Å². The van der Waals surface area contributed by atoms with Crippen molar-refractivity contribution in [2.24, 2.45) is 0 Å². The molecule has 0 fully saturated rings. The summed E-state index contributed by atoms with van der Waals surface area (Å²) >= 11 is 3.77. The maximum Gasteiger partial charge on any atom is 0.156 e. The van der Waals surface area contributed by atoms with Crippen LogP contribution in [0, 0.1) is 0 Å². The first-order chi connectivity index (χ1) is 13.1. The van der Waals surface area contributed by atoms with Crippen molar-refractivity contribution in [1.82, 2.24) is 0 Å². The van der Waals surface area contributed by atoms with Gasteiger partial charge >= 0.3 is 0 Å². The quantitative estimate of drug-likeness (QED) is 0.308. The minimum Gasteiger partial charge on any atom is -0.366 e. The number of carbonyl (C=O) groups excluding carboxylic acids is 1. The van der Waals surface area contributed by atoms with Crippen LogP contribution in [0.15, 0.2) is 70.3 Å². The molecule has 0 aliphatic rings. The molecule has 28 heavy (non-hydrogen) atoms. The Morgan fingerprint density at radius 1 is 0.929 bits per heavy atom. The van der Waals surface area contributed by atoms with Crippen molar-refractivity contribution in [2.45, 2.75) is 58.5 Å². The SMILES string of the molecule is CC(C)(OCc1ccccc1)/C(Br)=C(/C(=O)CCc1ccccc1)[Si](C)(C)C. The Balaban J connectivity index is 2.20. The Morgan fingerprint density at radius 3 is 1.93 bits per heavy atom. The zero-order valence-electron chi connectivity index (χ0n) is 17.6. The molecular formula is C24H31BrO2Si. The van der Waals surface area contributed by atoms with Gasteiger partial charge in [-0.3, -0.25) is 4.79 Å². The summed E-state index contributed by atoms with van der Waals surface area (Å²) in [4.78, 5) is 13.2. The predicted octanol–water partition coefficient (Wildman–Crippen LogP) is 6.71. The number of hydrogen-bond acceptors (Lipinski definition) is 2. The number of ether oxygens (including phenoxy) is 1. The standard InChI is InChI=1S/C24H31BrO2Si/c1-24(2,27-18-20-14-10-7-11-15-20)23(25)22(28(3,4)5)21(26)17-16-19-12-8-6-9-13-19/h6-15H,16-18H2,1-5H3/b23-22+. The van der Waals surface area contributed by atoms with E-state index in [0.29, 0.717) is 13.0 Å². The molecule has 0 bridgehead atoms. The van der Waals surface area contributed by atoms with E-state index in [4.69, 9.17) is 4.74 Å². The van der Waals surface area contributed by atoms with Gasteiger partial charge in [-0.25, -0.2) is 0 Å². The fourth-order valence-electron chi connectivity index (χ4n) is 3.10. The summed E-state index contributed by atoms with van der Waals surface area (Å²) in [7, 11) is -1.87. The second kappa shape index (κ2) is 9.81. The van der Waals surface area contributed by atoms with Crippen LogP contribution in [-0.4, -0.2) is 19.5 Å². The maximum absolute atomic E-state index is 13.2. The lowest BCUT2D eigenvalue weighted by molar-refractivity contribution is -0.115. The van der Waals surface area contributed by atoms with Crippen molar-refractivity contribution in [3.05, 3.63) is 81.5 Å². The van der Waals surface area contributed by atoms with Gasteiger partial charge in [0.1, 0.15) is 0 Å². The Hall–Kier alpha value is -1.49. The molecule has 0 saturated carbocycles. The van der Waals surface area contributed by atoms with E-state index in [1.165, 1.54) is 5.56 Å². The van der Waals surface area contributed by atoms with E-state index >= 15 is 0 Å². The van der Waals surface area contributed by atoms with Crippen LogP contribution in [0.25, 0.3) is 0 Å².